The van der Waals surface area contributed by atoms with Gasteiger partial charge in [0, 0.05) is 5.75 Å². The van der Waals surface area contributed by atoms with Gasteiger partial charge >= 0.3 is 0 Å². The molecule has 3 rings (SSSR count). The highest BCUT2D eigenvalue weighted by Gasteiger charge is 2.34. The lowest BCUT2D eigenvalue weighted by Gasteiger charge is -2.35. The van der Waals surface area contributed by atoms with Gasteiger partial charge in [0.1, 0.15) is 6.10 Å². The van der Waals surface area contributed by atoms with Crippen molar-refractivity contribution in [3.63, 3.8) is 0 Å². The summed E-state index contributed by atoms with van der Waals surface area (Å²) < 4.78 is 17.9. The molecule has 2 aromatic carbocycles. The van der Waals surface area contributed by atoms with Crippen LogP contribution >= 0.6 is 12.0 Å². The van der Waals surface area contributed by atoms with Gasteiger partial charge in [0.05, 0.1) is 25.4 Å². The second-order valence-electron chi connectivity index (χ2n) is 5.68. The lowest BCUT2D eigenvalue weighted by molar-refractivity contribution is -0.118. The van der Waals surface area contributed by atoms with Crippen LogP contribution in [0.2, 0.25) is 0 Å². The van der Waals surface area contributed by atoms with Crippen molar-refractivity contribution in [2.45, 2.75) is 38.4 Å². The van der Waals surface area contributed by atoms with Crippen molar-refractivity contribution >= 4 is 12.0 Å². The number of hydrogen-bond donors (Lipinski definition) is 0. The fraction of sp³-hybridized carbons (Fsp3) is 0.368. The quantitative estimate of drug-likeness (QED) is 0.741. The summed E-state index contributed by atoms with van der Waals surface area (Å²) in [7, 11) is 0. The second-order valence-corrected chi connectivity index (χ2v) is 6.44. The lowest BCUT2D eigenvalue weighted by atomic mass is 10.1. The first-order valence-electron chi connectivity index (χ1n) is 7.92. The van der Waals surface area contributed by atoms with Crippen LogP contribution < -0.4 is 0 Å². The van der Waals surface area contributed by atoms with E-state index >= 15 is 0 Å². The Kier molecular flexibility index (Phi) is 6.11. The molecule has 0 spiro atoms. The van der Waals surface area contributed by atoms with Crippen molar-refractivity contribution in [3.8, 4) is 0 Å². The lowest BCUT2D eigenvalue weighted by Crippen LogP contribution is -2.45. The Hall–Kier alpha value is -1.33. The molecule has 0 aromatic heterocycles. The van der Waals surface area contributed by atoms with Crippen LogP contribution in [0.15, 0.2) is 60.7 Å². The van der Waals surface area contributed by atoms with E-state index in [0.29, 0.717) is 13.2 Å². The average Bonchev–Trinajstić information content (AvgIpc) is 2.61. The summed E-state index contributed by atoms with van der Waals surface area (Å²) in [6.07, 6.45) is -0.00827. The third kappa shape index (κ3) is 4.82. The molecule has 1 aliphatic heterocycles. The molecule has 3 nitrogen and oxygen atoms in total. The van der Waals surface area contributed by atoms with E-state index in [2.05, 4.69) is 24.3 Å². The zero-order chi connectivity index (χ0) is 15.9. The van der Waals surface area contributed by atoms with Gasteiger partial charge < -0.3 is 13.7 Å². The Balaban J connectivity index is 1.58. The van der Waals surface area contributed by atoms with Gasteiger partial charge in [-0.3, -0.25) is 0 Å². The van der Waals surface area contributed by atoms with Crippen LogP contribution in [0.25, 0.3) is 0 Å². The van der Waals surface area contributed by atoms with Gasteiger partial charge in [-0.25, -0.2) is 0 Å². The molecule has 1 saturated heterocycles. The second kappa shape index (κ2) is 8.50. The van der Waals surface area contributed by atoms with Crippen LogP contribution in [0.1, 0.15) is 18.1 Å². The summed E-state index contributed by atoms with van der Waals surface area (Å²) in [5.74, 6) is 0.788. The van der Waals surface area contributed by atoms with E-state index in [1.54, 1.807) is 0 Å². The Morgan fingerprint density at radius 2 is 1.48 bits per heavy atom. The SMILES string of the molecule is CC1OSC[C@@H](OCc2ccccc2)[C@H]1OCc1ccccc1. The first-order chi connectivity index (χ1) is 11.3. The molecule has 122 valence electrons. The molecule has 3 atom stereocenters. The average molecular weight is 330 g/mol. The molecule has 2 aromatic rings. The zero-order valence-electron chi connectivity index (χ0n) is 13.3. The minimum atomic E-state index is -0.0554. The van der Waals surface area contributed by atoms with E-state index in [-0.39, 0.29) is 18.3 Å². The van der Waals surface area contributed by atoms with Gasteiger partial charge in [0.15, 0.2) is 0 Å². The van der Waals surface area contributed by atoms with Crippen molar-refractivity contribution in [3.05, 3.63) is 71.8 Å². The maximum atomic E-state index is 6.12. The summed E-state index contributed by atoms with van der Waals surface area (Å²) in [6, 6.07) is 20.4. The third-order valence-electron chi connectivity index (χ3n) is 3.87. The largest absolute Gasteiger partial charge is 0.370 e. The van der Waals surface area contributed by atoms with E-state index < -0.39 is 0 Å². The van der Waals surface area contributed by atoms with Gasteiger partial charge in [0.25, 0.3) is 0 Å². The standard InChI is InChI=1S/C19H22O3S/c1-15-19(21-13-17-10-6-3-7-11-17)18(14-23-22-15)20-12-16-8-4-2-5-9-16/h2-11,15,18-19H,12-14H2,1H3/t15?,18-,19+/m1/s1. The highest BCUT2D eigenvalue weighted by molar-refractivity contribution is 7.94. The zero-order valence-corrected chi connectivity index (χ0v) is 14.1. The van der Waals surface area contributed by atoms with Crippen LogP contribution in [0.3, 0.4) is 0 Å². The van der Waals surface area contributed by atoms with Crippen LogP contribution in [0.5, 0.6) is 0 Å². The predicted molar refractivity (Wildman–Crippen MR) is 93.0 cm³/mol. The summed E-state index contributed by atoms with van der Waals surface area (Å²) in [4.78, 5) is 0. The Morgan fingerprint density at radius 1 is 0.913 bits per heavy atom. The van der Waals surface area contributed by atoms with Crippen molar-refractivity contribution in [1.82, 2.24) is 0 Å². The molecule has 1 fully saturated rings. The molecule has 1 unspecified atom stereocenters. The van der Waals surface area contributed by atoms with E-state index in [4.69, 9.17) is 13.7 Å². The normalized spacial score (nSPS) is 24.5. The summed E-state index contributed by atoms with van der Waals surface area (Å²) >= 11 is 1.47. The molecule has 0 aliphatic carbocycles. The number of rotatable bonds is 6. The molecule has 0 saturated carbocycles. The molecule has 1 aliphatic rings. The van der Waals surface area contributed by atoms with E-state index in [1.165, 1.54) is 23.2 Å². The van der Waals surface area contributed by atoms with Gasteiger partial charge in [-0.15, -0.1) is 0 Å². The number of ether oxygens (including phenoxy) is 2. The molecule has 0 amide bonds. The fourth-order valence-corrected chi connectivity index (χ4v) is 3.42. The summed E-state index contributed by atoms with van der Waals surface area (Å²) in [5.41, 5.74) is 2.35. The third-order valence-corrected chi connectivity index (χ3v) is 4.78. The molecule has 0 radical (unpaired) electrons. The first-order valence-corrected chi connectivity index (χ1v) is 8.83. The van der Waals surface area contributed by atoms with Crippen molar-refractivity contribution in [1.29, 1.82) is 0 Å². The van der Waals surface area contributed by atoms with Crippen LogP contribution in [-0.4, -0.2) is 24.1 Å². The Morgan fingerprint density at radius 3 is 2.09 bits per heavy atom. The van der Waals surface area contributed by atoms with Crippen LogP contribution in [-0.2, 0) is 26.9 Å². The molecule has 1 heterocycles. The van der Waals surface area contributed by atoms with Gasteiger partial charge in [-0.1, -0.05) is 60.7 Å². The molecule has 0 bridgehead atoms. The first kappa shape index (κ1) is 16.5. The Bertz CT molecular complexity index is 576. The van der Waals surface area contributed by atoms with Crippen molar-refractivity contribution in [2.24, 2.45) is 0 Å². The number of benzene rings is 2. The van der Waals surface area contributed by atoms with E-state index in [1.807, 2.05) is 43.3 Å². The van der Waals surface area contributed by atoms with Crippen molar-refractivity contribution < 1.29 is 13.7 Å². The smallest absolute Gasteiger partial charge is 0.112 e. The van der Waals surface area contributed by atoms with Gasteiger partial charge in [-0.05, 0) is 30.1 Å². The summed E-state index contributed by atoms with van der Waals surface area (Å²) in [6.45, 7) is 3.22. The van der Waals surface area contributed by atoms with Crippen LogP contribution in [0, 0.1) is 0 Å². The molecule has 23 heavy (non-hydrogen) atoms. The van der Waals surface area contributed by atoms with Gasteiger partial charge in [0.2, 0.25) is 0 Å². The minimum absolute atomic E-state index is 0.0123. The maximum Gasteiger partial charge on any atom is 0.112 e. The van der Waals surface area contributed by atoms with Crippen molar-refractivity contribution in [2.75, 3.05) is 5.75 Å². The molecule has 0 N–H and O–H groups in total. The highest BCUT2D eigenvalue weighted by Crippen LogP contribution is 2.27. The monoisotopic (exact) mass is 330 g/mol. The molecular weight excluding hydrogens is 308 g/mol. The topological polar surface area (TPSA) is 27.7 Å². The molecular formula is C19H22O3S. The summed E-state index contributed by atoms with van der Waals surface area (Å²) in [5, 5.41) is 0. The minimum Gasteiger partial charge on any atom is -0.370 e. The Labute approximate surface area is 142 Å². The predicted octanol–water partition coefficient (Wildman–Crippen LogP) is 4.22. The molecule has 4 heteroatoms. The van der Waals surface area contributed by atoms with Gasteiger partial charge in [-0.2, -0.15) is 0 Å². The van der Waals surface area contributed by atoms with E-state index in [9.17, 15) is 0 Å². The number of hydrogen-bond acceptors (Lipinski definition) is 4. The highest BCUT2D eigenvalue weighted by atomic mass is 32.2. The maximum absolute atomic E-state index is 6.12. The fourth-order valence-electron chi connectivity index (χ4n) is 2.60. The van der Waals surface area contributed by atoms with E-state index in [0.717, 1.165) is 5.75 Å². The van der Waals surface area contributed by atoms with Crippen LogP contribution in [0.4, 0.5) is 0 Å².